The van der Waals surface area contributed by atoms with Gasteiger partial charge >= 0.3 is 5.97 Å². The zero-order valence-electron chi connectivity index (χ0n) is 12.7. The standard InChI is InChI=1S/C16H21N3O2/c1-12(14-10-17-19(3)11-14)18(2)9-8-13-6-4-5-7-15(13)16(20)21/h4-7,10-12H,8-9H2,1-3H3,(H,20,21). The molecule has 0 aliphatic carbocycles. The molecular weight excluding hydrogens is 266 g/mol. The van der Waals surface area contributed by atoms with Crippen molar-refractivity contribution in [2.45, 2.75) is 19.4 Å². The number of aromatic nitrogens is 2. The lowest BCUT2D eigenvalue weighted by molar-refractivity contribution is 0.0695. The van der Waals surface area contributed by atoms with E-state index in [1.54, 1.807) is 16.8 Å². The molecule has 21 heavy (non-hydrogen) atoms. The number of carbonyl (C=O) groups is 1. The molecule has 5 nitrogen and oxygen atoms in total. The van der Waals surface area contributed by atoms with E-state index in [2.05, 4.69) is 16.9 Å². The SMILES string of the molecule is CC(c1cnn(C)c1)N(C)CCc1ccccc1C(=O)O. The smallest absolute Gasteiger partial charge is 0.335 e. The van der Waals surface area contributed by atoms with Crippen molar-refractivity contribution in [1.82, 2.24) is 14.7 Å². The monoisotopic (exact) mass is 287 g/mol. The van der Waals surface area contributed by atoms with Gasteiger partial charge in [0.25, 0.3) is 0 Å². The number of likely N-dealkylation sites (N-methyl/N-ethyl adjacent to an activating group) is 1. The van der Waals surface area contributed by atoms with E-state index in [4.69, 9.17) is 0 Å². The van der Waals surface area contributed by atoms with Gasteiger partial charge in [0.2, 0.25) is 0 Å². The maximum absolute atomic E-state index is 11.2. The van der Waals surface area contributed by atoms with E-state index in [9.17, 15) is 9.90 Å². The van der Waals surface area contributed by atoms with Crippen LogP contribution in [0.25, 0.3) is 0 Å². The second-order valence-corrected chi connectivity index (χ2v) is 5.32. The number of hydrogen-bond donors (Lipinski definition) is 1. The molecule has 1 aromatic carbocycles. The van der Waals surface area contributed by atoms with Crippen LogP contribution in [-0.4, -0.2) is 39.3 Å². The van der Waals surface area contributed by atoms with Crippen LogP contribution in [0.5, 0.6) is 0 Å². The molecule has 1 N–H and O–H groups in total. The summed E-state index contributed by atoms with van der Waals surface area (Å²) in [5.41, 5.74) is 2.42. The van der Waals surface area contributed by atoms with Crippen molar-refractivity contribution >= 4 is 5.97 Å². The predicted octanol–water partition coefficient (Wildman–Crippen LogP) is 2.35. The van der Waals surface area contributed by atoms with Crippen molar-refractivity contribution in [2.75, 3.05) is 13.6 Å². The van der Waals surface area contributed by atoms with Gasteiger partial charge in [0.1, 0.15) is 0 Å². The summed E-state index contributed by atoms with van der Waals surface area (Å²) in [5.74, 6) is -0.867. The van der Waals surface area contributed by atoms with Crippen LogP contribution in [0.2, 0.25) is 0 Å². The van der Waals surface area contributed by atoms with Gasteiger partial charge in [-0.15, -0.1) is 0 Å². The summed E-state index contributed by atoms with van der Waals surface area (Å²) in [7, 11) is 3.94. The van der Waals surface area contributed by atoms with Crippen LogP contribution in [-0.2, 0) is 13.5 Å². The molecule has 0 saturated heterocycles. The summed E-state index contributed by atoms with van der Waals surface area (Å²) < 4.78 is 1.79. The van der Waals surface area contributed by atoms with Gasteiger partial charge in [0.05, 0.1) is 11.8 Å². The summed E-state index contributed by atoms with van der Waals surface area (Å²) >= 11 is 0. The second kappa shape index (κ2) is 6.54. The largest absolute Gasteiger partial charge is 0.478 e. The zero-order valence-corrected chi connectivity index (χ0v) is 12.7. The topological polar surface area (TPSA) is 58.4 Å². The van der Waals surface area contributed by atoms with E-state index in [0.717, 1.165) is 17.7 Å². The van der Waals surface area contributed by atoms with E-state index in [0.29, 0.717) is 12.0 Å². The third-order valence-corrected chi connectivity index (χ3v) is 3.85. The molecule has 2 aromatic rings. The van der Waals surface area contributed by atoms with Gasteiger partial charge in [-0.1, -0.05) is 18.2 Å². The first-order valence-corrected chi connectivity index (χ1v) is 6.99. The highest BCUT2D eigenvalue weighted by atomic mass is 16.4. The van der Waals surface area contributed by atoms with Gasteiger partial charge in [0.15, 0.2) is 0 Å². The van der Waals surface area contributed by atoms with Crippen LogP contribution >= 0.6 is 0 Å². The van der Waals surface area contributed by atoms with Crippen LogP contribution in [0.4, 0.5) is 0 Å². The minimum atomic E-state index is -0.867. The maximum atomic E-state index is 11.2. The summed E-state index contributed by atoms with van der Waals surface area (Å²) in [6.45, 7) is 2.92. The van der Waals surface area contributed by atoms with Gasteiger partial charge in [-0.05, 0) is 32.0 Å². The van der Waals surface area contributed by atoms with Crippen molar-refractivity contribution in [1.29, 1.82) is 0 Å². The average Bonchev–Trinajstić information content (AvgIpc) is 2.90. The molecular formula is C16H21N3O2. The second-order valence-electron chi connectivity index (χ2n) is 5.32. The predicted molar refractivity (Wildman–Crippen MR) is 81.4 cm³/mol. The highest BCUT2D eigenvalue weighted by Gasteiger charge is 2.15. The lowest BCUT2D eigenvalue weighted by Crippen LogP contribution is -2.25. The Bertz CT molecular complexity index is 621. The van der Waals surface area contributed by atoms with Crippen molar-refractivity contribution in [3.63, 3.8) is 0 Å². The van der Waals surface area contributed by atoms with Gasteiger partial charge < -0.3 is 5.11 Å². The van der Waals surface area contributed by atoms with Gasteiger partial charge in [-0.25, -0.2) is 4.79 Å². The highest BCUT2D eigenvalue weighted by molar-refractivity contribution is 5.89. The number of hydrogen-bond acceptors (Lipinski definition) is 3. The van der Waals surface area contributed by atoms with Crippen LogP contribution in [0.15, 0.2) is 36.7 Å². The van der Waals surface area contributed by atoms with Gasteiger partial charge in [0, 0.05) is 31.4 Å². The van der Waals surface area contributed by atoms with Gasteiger partial charge in [-0.3, -0.25) is 9.58 Å². The third-order valence-electron chi connectivity index (χ3n) is 3.85. The van der Waals surface area contributed by atoms with Crippen molar-refractivity contribution < 1.29 is 9.90 Å². The Morgan fingerprint density at radius 1 is 1.43 bits per heavy atom. The van der Waals surface area contributed by atoms with Crippen LogP contribution in [0, 0.1) is 0 Å². The minimum Gasteiger partial charge on any atom is -0.478 e. The Hall–Kier alpha value is -2.14. The Morgan fingerprint density at radius 2 is 2.14 bits per heavy atom. The lowest BCUT2D eigenvalue weighted by atomic mass is 10.0. The first kappa shape index (κ1) is 15.3. The fourth-order valence-corrected chi connectivity index (χ4v) is 2.35. The van der Waals surface area contributed by atoms with Crippen molar-refractivity contribution in [3.8, 4) is 0 Å². The molecule has 0 spiro atoms. The number of benzene rings is 1. The molecule has 0 bridgehead atoms. The molecule has 0 aliphatic heterocycles. The first-order valence-electron chi connectivity index (χ1n) is 6.99. The summed E-state index contributed by atoms with van der Waals surface area (Å²) in [5, 5.41) is 13.4. The number of rotatable bonds is 6. The number of aryl methyl sites for hydroxylation is 1. The van der Waals surface area contributed by atoms with E-state index < -0.39 is 5.97 Å². The fourth-order valence-electron chi connectivity index (χ4n) is 2.35. The molecule has 0 saturated carbocycles. The molecule has 1 atom stereocenters. The van der Waals surface area contributed by atoms with Crippen LogP contribution < -0.4 is 0 Å². The van der Waals surface area contributed by atoms with E-state index in [-0.39, 0.29) is 6.04 Å². The van der Waals surface area contributed by atoms with Crippen molar-refractivity contribution in [3.05, 3.63) is 53.3 Å². The quantitative estimate of drug-likeness (QED) is 0.886. The third kappa shape index (κ3) is 3.70. The molecule has 1 unspecified atom stereocenters. The zero-order chi connectivity index (χ0) is 15.4. The van der Waals surface area contributed by atoms with Crippen molar-refractivity contribution in [2.24, 2.45) is 7.05 Å². The number of carboxylic acid groups (broad SMARTS) is 1. The average molecular weight is 287 g/mol. The first-order chi connectivity index (χ1) is 9.99. The Kier molecular flexibility index (Phi) is 4.75. The Balaban J connectivity index is 2.01. The molecule has 2 rings (SSSR count). The maximum Gasteiger partial charge on any atom is 0.335 e. The highest BCUT2D eigenvalue weighted by Crippen LogP contribution is 2.18. The van der Waals surface area contributed by atoms with E-state index >= 15 is 0 Å². The van der Waals surface area contributed by atoms with E-state index in [1.165, 1.54) is 0 Å². The number of nitrogens with zero attached hydrogens (tertiary/aromatic N) is 3. The minimum absolute atomic E-state index is 0.246. The molecule has 112 valence electrons. The van der Waals surface area contributed by atoms with Crippen LogP contribution in [0.3, 0.4) is 0 Å². The van der Waals surface area contributed by atoms with Crippen LogP contribution in [0.1, 0.15) is 34.5 Å². The normalized spacial score (nSPS) is 12.6. The van der Waals surface area contributed by atoms with E-state index in [1.807, 2.05) is 38.6 Å². The number of aromatic carboxylic acids is 1. The molecule has 1 heterocycles. The number of carboxylic acids is 1. The fraction of sp³-hybridized carbons (Fsp3) is 0.375. The Labute approximate surface area is 124 Å². The molecule has 5 heteroatoms. The molecule has 1 aromatic heterocycles. The molecule has 0 fully saturated rings. The lowest BCUT2D eigenvalue weighted by Gasteiger charge is -2.24. The molecule has 0 radical (unpaired) electrons. The molecule has 0 aliphatic rings. The summed E-state index contributed by atoms with van der Waals surface area (Å²) in [6, 6.07) is 7.42. The molecule has 0 amide bonds. The van der Waals surface area contributed by atoms with Gasteiger partial charge in [-0.2, -0.15) is 5.10 Å². The summed E-state index contributed by atoms with van der Waals surface area (Å²) in [4.78, 5) is 13.4. The Morgan fingerprint density at radius 3 is 2.76 bits per heavy atom. The summed E-state index contributed by atoms with van der Waals surface area (Å²) in [6.07, 6.45) is 4.59.